The molecular weight excluding hydrogens is 318 g/mol. The minimum Gasteiger partial charge on any atom is -0.466 e. The Morgan fingerprint density at radius 2 is 2.26 bits per heavy atom. The summed E-state index contributed by atoms with van der Waals surface area (Å²) in [6.07, 6.45) is 1.42. The lowest BCUT2D eigenvalue weighted by Gasteiger charge is -2.01. The summed E-state index contributed by atoms with van der Waals surface area (Å²) in [5, 5.41) is 4.84. The number of nitrogens with one attached hydrogen (secondary N) is 1. The molecular formula is C15H13N3O4S. The van der Waals surface area contributed by atoms with Gasteiger partial charge in [0, 0.05) is 10.9 Å². The molecule has 0 atom stereocenters. The van der Waals surface area contributed by atoms with Crippen LogP contribution in [0.4, 0.5) is 5.13 Å². The molecule has 0 aliphatic rings. The van der Waals surface area contributed by atoms with Crippen LogP contribution in [0.2, 0.25) is 0 Å². The first-order valence-corrected chi connectivity index (χ1v) is 7.78. The van der Waals surface area contributed by atoms with Crippen molar-refractivity contribution in [2.24, 2.45) is 0 Å². The molecule has 3 rings (SSSR count). The van der Waals surface area contributed by atoms with Crippen LogP contribution >= 0.6 is 11.3 Å². The third-order valence-corrected chi connectivity index (χ3v) is 3.80. The van der Waals surface area contributed by atoms with Crippen molar-refractivity contribution in [3.8, 4) is 0 Å². The molecule has 0 fully saturated rings. The lowest BCUT2D eigenvalue weighted by Crippen LogP contribution is -2.12. The fourth-order valence-corrected chi connectivity index (χ4v) is 2.68. The van der Waals surface area contributed by atoms with Gasteiger partial charge in [-0.25, -0.2) is 9.97 Å². The number of thiazole rings is 1. The first kappa shape index (κ1) is 15.2. The summed E-state index contributed by atoms with van der Waals surface area (Å²) in [5.74, 6) is -0.640. The quantitative estimate of drug-likeness (QED) is 0.722. The van der Waals surface area contributed by atoms with Crippen molar-refractivity contribution < 1.29 is 18.7 Å². The van der Waals surface area contributed by atoms with E-state index in [4.69, 9.17) is 9.15 Å². The number of aromatic nitrogens is 2. The molecule has 118 valence electrons. The lowest BCUT2D eigenvalue weighted by atomic mass is 10.2. The van der Waals surface area contributed by atoms with Gasteiger partial charge in [0.25, 0.3) is 5.91 Å². The number of oxazole rings is 1. The zero-order valence-electron chi connectivity index (χ0n) is 12.2. The number of benzene rings is 1. The van der Waals surface area contributed by atoms with E-state index in [1.165, 1.54) is 17.7 Å². The molecule has 7 nitrogen and oxygen atoms in total. The van der Waals surface area contributed by atoms with Crippen LogP contribution in [0.25, 0.3) is 11.1 Å². The Morgan fingerprint density at radius 3 is 3.09 bits per heavy atom. The molecule has 0 aliphatic carbocycles. The van der Waals surface area contributed by atoms with Gasteiger partial charge in [0.2, 0.25) is 0 Å². The third-order valence-electron chi connectivity index (χ3n) is 3.00. The van der Waals surface area contributed by atoms with Gasteiger partial charge in [0.05, 0.1) is 18.7 Å². The maximum absolute atomic E-state index is 12.2. The van der Waals surface area contributed by atoms with Crippen molar-refractivity contribution in [2.45, 2.75) is 13.3 Å². The van der Waals surface area contributed by atoms with Gasteiger partial charge >= 0.3 is 5.97 Å². The highest BCUT2D eigenvalue weighted by Gasteiger charge is 2.12. The number of amides is 1. The van der Waals surface area contributed by atoms with Crippen molar-refractivity contribution in [3.05, 3.63) is 41.2 Å². The number of ether oxygens (including phenoxy) is 1. The van der Waals surface area contributed by atoms with Crippen LogP contribution in [0.1, 0.15) is 23.0 Å². The summed E-state index contributed by atoms with van der Waals surface area (Å²) in [7, 11) is 0. The number of nitrogens with zero attached hydrogens (tertiary/aromatic N) is 2. The van der Waals surface area contributed by atoms with E-state index in [-0.39, 0.29) is 18.3 Å². The smallest absolute Gasteiger partial charge is 0.311 e. The Morgan fingerprint density at radius 1 is 1.39 bits per heavy atom. The summed E-state index contributed by atoms with van der Waals surface area (Å²) in [5.41, 5.74) is 2.25. The first-order chi connectivity index (χ1) is 11.2. The van der Waals surface area contributed by atoms with Crippen LogP contribution in [-0.2, 0) is 16.0 Å². The molecule has 3 aromatic rings. The van der Waals surface area contributed by atoms with Gasteiger partial charge < -0.3 is 9.15 Å². The van der Waals surface area contributed by atoms with Gasteiger partial charge in [-0.15, -0.1) is 11.3 Å². The zero-order chi connectivity index (χ0) is 16.2. The fraction of sp³-hybridized carbons (Fsp3) is 0.200. The molecule has 2 aromatic heterocycles. The van der Waals surface area contributed by atoms with Crippen molar-refractivity contribution in [1.82, 2.24) is 9.97 Å². The molecule has 8 heteroatoms. The van der Waals surface area contributed by atoms with Crippen LogP contribution in [0.3, 0.4) is 0 Å². The Hall–Kier alpha value is -2.74. The molecule has 0 saturated heterocycles. The van der Waals surface area contributed by atoms with Crippen LogP contribution < -0.4 is 5.32 Å². The van der Waals surface area contributed by atoms with E-state index in [2.05, 4.69) is 15.3 Å². The van der Waals surface area contributed by atoms with Gasteiger partial charge in [-0.2, -0.15) is 0 Å². The maximum Gasteiger partial charge on any atom is 0.311 e. The average Bonchev–Trinajstić information content (AvgIpc) is 3.15. The van der Waals surface area contributed by atoms with Crippen LogP contribution in [-0.4, -0.2) is 28.5 Å². The highest BCUT2D eigenvalue weighted by atomic mass is 32.1. The monoisotopic (exact) mass is 331 g/mol. The molecule has 2 heterocycles. The third kappa shape index (κ3) is 3.54. The molecule has 0 bridgehead atoms. The number of esters is 1. The van der Waals surface area contributed by atoms with E-state index in [1.54, 1.807) is 30.5 Å². The van der Waals surface area contributed by atoms with E-state index < -0.39 is 0 Å². The number of anilines is 1. The summed E-state index contributed by atoms with van der Waals surface area (Å²) >= 11 is 1.25. The Balaban J connectivity index is 1.67. The topological polar surface area (TPSA) is 94.3 Å². The number of fused-ring (bicyclic) bond motifs is 1. The average molecular weight is 331 g/mol. The van der Waals surface area contributed by atoms with Gasteiger partial charge in [0.15, 0.2) is 17.1 Å². The highest BCUT2D eigenvalue weighted by Crippen LogP contribution is 2.19. The Bertz CT molecular complexity index is 855. The number of carbonyl (C=O) groups is 2. The van der Waals surface area contributed by atoms with Crippen LogP contribution in [0.15, 0.2) is 34.4 Å². The number of hydrogen-bond donors (Lipinski definition) is 1. The van der Waals surface area contributed by atoms with E-state index in [9.17, 15) is 9.59 Å². The molecule has 0 spiro atoms. The molecule has 0 unspecified atom stereocenters. The molecule has 1 amide bonds. The largest absolute Gasteiger partial charge is 0.466 e. The number of hydrogen-bond acceptors (Lipinski definition) is 7. The van der Waals surface area contributed by atoms with Crippen LogP contribution in [0, 0.1) is 0 Å². The summed E-state index contributed by atoms with van der Waals surface area (Å²) in [6.45, 7) is 2.08. The van der Waals surface area contributed by atoms with Gasteiger partial charge in [-0.1, -0.05) is 0 Å². The molecule has 0 saturated carbocycles. The maximum atomic E-state index is 12.2. The lowest BCUT2D eigenvalue weighted by molar-refractivity contribution is -0.142. The Kier molecular flexibility index (Phi) is 4.33. The van der Waals surface area contributed by atoms with E-state index >= 15 is 0 Å². The Labute approximate surface area is 135 Å². The van der Waals surface area contributed by atoms with E-state index in [0.29, 0.717) is 34.1 Å². The summed E-state index contributed by atoms with van der Waals surface area (Å²) in [6, 6.07) is 4.97. The fourth-order valence-electron chi connectivity index (χ4n) is 1.97. The van der Waals surface area contributed by atoms with Gasteiger partial charge in [-0.3, -0.25) is 14.9 Å². The van der Waals surface area contributed by atoms with Crippen molar-refractivity contribution >= 4 is 39.4 Å². The zero-order valence-corrected chi connectivity index (χ0v) is 13.1. The van der Waals surface area contributed by atoms with Crippen molar-refractivity contribution in [2.75, 3.05) is 11.9 Å². The number of rotatable bonds is 5. The number of carbonyl (C=O) groups excluding carboxylic acids is 2. The molecule has 1 N–H and O–H groups in total. The van der Waals surface area contributed by atoms with Crippen LogP contribution in [0.5, 0.6) is 0 Å². The van der Waals surface area contributed by atoms with E-state index in [0.717, 1.165) is 0 Å². The summed E-state index contributed by atoms with van der Waals surface area (Å²) in [4.78, 5) is 31.8. The SMILES string of the molecule is CCOC(=O)Cc1csc(NC(=O)c2ccc3ocnc3c2)n1. The second-order valence-corrected chi connectivity index (χ2v) is 5.47. The minimum atomic E-state index is -0.341. The predicted molar refractivity (Wildman–Crippen MR) is 84.4 cm³/mol. The molecule has 23 heavy (non-hydrogen) atoms. The highest BCUT2D eigenvalue weighted by molar-refractivity contribution is 7.14. The van der Waals surface area contributed by atoms with E-state index in [1.807, 2.05) is 0 Å². The summed E-state index contributed by atoms with van der Waals surface area (Å²) < 4.78 is 10.00. The normalized spacial score (nSPS) is 10.7. The van der Waals surface area contributed by atoms with Crippen molar-refractivity contribution in [1.29, 1.82) is 0 Å². The first-order valence-electron chi connectivity index (χ1n) is 6.90. The molecule has 0 radical (unpaired) electrons. The second-order valence-electron chi connectivity index (χ2n) is 4.61. The van der Waals surface area contributed by atoms with Gasteiger partial charge in [-0.05, 0) is 25.1 Å². The molecule has 1 aromatic carbocycles. The van der Waals surface area contributed by atoms with Crippen molar-refractivity contribution in [3.63, 3.8) is 0 Å². The minimum absolute atomic E-state index is 0.0884. The van der Waals surface area contributed by atoms with Gasteiger partial charge in [0.1, 0.15) is 5.52 Å². The predicted octanol–water partition coefficient (Wildman–Crippen LogP) is 2.64. The standard InChI is InChI=1S/C15H13N3O4S/c1-2-21-13(19)6-10-7-23-15(17-10)18-14(20)9-3-4-12-11(5-9)16-8-22-12/h3-5,7-8H,2,6H2,1H3,(H,17,18,20). The second kappa shape index (κ2) is 6.57. The molecule has 0 aliphatic heterocycles.